The summed E-state index contributed by atoms with van der Waals surface area (Å²) in [4.78, 5) is 25.3. The van der Waals surface area contributed by atoms with Crippen LogP contribution in [0.25, 0.3) is 11.1 Å². The summed E-state index contributed by atoms with van der Waals surface area (Å²) in [6, 6.07) is 9.43. The Labute approximate surface area is 177 Å². The maximum Gasteiger partial charge on any atom is 0.242 e. The van der Waals surface area contributed by atoms with E-state index in [9.17, 15) is 4.79 Å². The Morgan fingerprint density at radius 1 is 1.03 bits per heavy atom. The van der Waals surface area contributed by atoms with Crippen LogP contribution in [0.15, 0.2) is 42.9 Å². The normalized spacial score (nSPS) is 11.4. The summed E-state index contributed by atoms with van der Waals surface area (Å²) in [6.07, 6.45) is 3.27. The number of rotatable bonds is 4. The molecular formula is C24H25N5O. The predicted octanol–water partition coefficient (Wildman–Crippen LogP) is 3.41. The Morgan fingerprint density at radius 3 is 2.53 bits per heavy atom. The summed E-state index contributed by atoms with van der Waals surface area (Å²) in [5, 5.41) is 5.75. The monoisotopic (exact) mass is 399 g/mol. The van der Waals surface area contributed by atoms with Crippen LogP contribution in [0.1, 0.15) is 35.0 Å². The fourth-order valence-electron chi connectivity index (χ4n) is 2.81. The molecule has 6 nitrogen and oxygen atoms in total. The number of anilines is 1. The highest BCUT2D eigenvalue weighted by molar-refractivity contribution is 5.94. The molecule has 3 aromatic rings. The van der Waals surface area contributed by atoms with Crippen molar-refractivity contribution < 1.29 is 4.79 Å². The van der Waals surface area contributed by atoms with Crippen molar-refractivity contribution in [2.45, 2.75) is 33.7 Å². The van der Waals surface area contributed by atoms with E-state index in [1.807, 2.05) is 19.1 Å². The lowest BCUT2D eigenvalue weighted by Gasteiger charge is -2.12. The van der Waals surface area contributed by atoms with Gasteiger partial charge in [-0.2, -0.15) is 0 Å². The van der Waals surface area contributed by atoms with Crippen molar-refractivity contribution in [2.75, 3.05) is 12.4 Å². The number of nitrogens with zero attached hydrogens (tertiary/aromatic N) is 3. The molecule has 0 aliphatic carbocycles. The van der Waals surface area contributed by atoms with Crippen LogP contribution in [-0.4, -0.2) is 33.9 Å². The lowest BCUT2D eigenvalue weighted by molar-refractivity contribution is -0.117. The van der Waals surface area contributed by atoms with Gasteiger partial charge in [-0.25, -0.2) is 15.0 Å². The minimum Gasteiger partial charge on any atom is -0.309 e. The Morgan fingerprint density at radius 2 is 1.83 bits per heavy atom. The van der Waals surface area contributed by atoms with Crippen LogP contribution in [-0.2, 0) is 4.79 Å². The molecule has 0 saturated carbocycles. The van der Waals surface area contributed by atoms with Crippen molar-refractivity contribution >= 4 is 11.7 Å². The number of hydrogen-bond acceptors (Lipinski definition) is 5. The second-order valence-corrected chi connectivity index (χ2v) is 7.16. The summed E-state index contributed by atoms with van der Waals surface area (Å²) in [5.74, 6) is 6.66. The van der Waals surface area contributed by atoms with Gasteiger partial charge in [-0.1, -0.05) is 12.0 Å². The van der Waals surface area contributed by atoms with Gasteiger partial charge in [-0.05, 0) is 76.1 Å². The number of amides is 1. The molecule has 1 amide bonds. The summed E-state index contributed by atoms with van der Waals surface area (Å²) >= 11 is 0. The van der Waals surface area contributed by atoms with E-state index in [0.29, 0.717) is 11.5 Å². The van der Waals surface area contributed by atoms with Gasteiger partial charge in [0.1, 0.15) is 17.8 Å². The summed E-state index contributed by atoms with van der Waals surface area (Å²) in [5.41, 5.74) is 6.39. The molecule has 2 N–H and O–H groups in total. The van der Waals surface area contributed by atoms with E-state index in [4.69, 9.17) is 0 Å². The number of carbonyl (C=O) groups excluding carboxylic acids is 1. The van der Waals surface area contributed by atoms with Gasteiger partial charge in [0.25, 0.3) is 0 Å². The lowest BCUT2D eigenvalue weighted by atomic mass is 10.0. The molecule has 0 bridgehead atoms. The van der Waals surface area contributed by atoms with E-state index in [0.717, 1.165) is 22.4 Å². The summed E-state index contributed by atoms with van der Waals surface area (Å²) < 4.78 is 0. The van der Waals surface area contributed by atoms with Gasteiger partial charge in [-0.3, -0.25) is 4.79 Å². The van der Waals surface area contributed by atoms with Gasteiger partial charge in [0, 0.05) is 28.6 Å². The van der Waals surface area contributed by atoms with Crippen molar-refractivity contribution in [3.8, 4) is 23.0 Å². The fourth-order valence-corrected chi connectivity index (χ4v) is 2.81. The molecule has 6 heteroatoms. The smallest absolute Gasteiger partial charge is 0.242 e. The molecule has 3 rings (SSSR count). The van der Waals surface area contributed by atoms with Crippen molar-refractivity contribution in [3.63, 3.8) is 0 Å². The number of likely N-dealkylation sites (N-methyl/N-ethyl adjacent to an activating group) is 1. The van der Waals surface area contributed by atoms with Crippen LogP contribution < -0.4 is 10.6 Å². The van der Waals surface area contributed by atoms with E-state index in [1.165, 1.54) is 17.5 Å². The van der Waals surface area contributed by atoms with Crippen LogP contribution in [0.3, 0.4) is 0 Å². The first-order chi connectivity index (χ1) is 14.4. The van der Waals surface area contributed by atoms with Gasteiger partial charge in [0.15, 0.2) is 0 Å². The lowest BCUT2D eigenvalue weighted by Crippen LogP contribution is -2.35. The van der Waals surface area contributed by atoms with Crippen molar-refractivity contribution in [1.29, 1.82) is 0 Å². The van der Waals surface area contributed by atoms with Crippen molar-refractivity contribution in [1.82, 2.24) is 20.3 Å². The molecule has 0 spiro atoms. The number of aryl methyl sites for hydroxylation is 3. The van der Waals surface area contributed by atoms with Gasteiger partial charge in [0.05, 0.1) is 6.04 Å². The van der Waals surface area contributed by atoms with Gasteiger partial charge < -0.3 is 10.6 Å². The van der Waals surface area contributed by atoms with Gasteiger partial charge in [0.2, 0.25) is 5.91 Å². The Bertz CT molecular complexity index is 1140. The number of hydrogen-bond donors (Lipinski definition) is 2. The second kappa shape index (κ2) is 9.29. The highest BCUT2D eigenvalue weighted by atomic mass is 16.2. The summed E-state index contributed by atoms with van der Waals surface area (Å²) in [7, 11) is 1.74. The van der Waals surface area contributed by atoms with E-state index < -0.39 is 0 Å². The Balaban J connectivity index is 2.06. The molecule has 0 fully saturated rings. The first kappa shape index (κ1) is 21.2. The van der Waals surface area contributed by atoms with E-state index in [-0.39, 0.29) is 11.9 Å². The molecule has 0 aliphatic heterocycles. The average Bonchev–Trinajstić information content (AvgIpc) is 2.74. The minimum absolute atomic E-state index is 0.162. The van der Waals surface area contributed by atoms with Crippen LogP contribution in [0.5, 0.6) is 0 Å². The highest BCUT2D eigenvalue weighted by Gasteiger charge is 2.14. The Kier molecular flexibility index (Phi) is 6.55. The predicted molar refractivity (Wildman–Crippen MR) is 119 cm³/mol. The molecule has 1 atom stereocenters. The van der Waals surface area contributed by atoms with E-state index in [2.05, 4.69) is 63.4 Å². The quantitative estimate of drug-likeness (QED) is 0.657. The zero-order valence-electron chi connectivity index (χ0n) is 17.9. The molecule has 2 heterocycles. The summed E-state index contributed by atoms with van der Waals surface area (Å²) in [6.45, 7) is 7.84. The third-order valence-electron chi connectivity index (χ3n) is 5.01. The van der Waals surface area contributed by atoms with Crippen LogP contribution in [0.2, 0.25) is 0 Å². The number of pyridine rings is 1. The van der Waals surface area contributed by atoms with Crippen LogP contribution >= 0.6 is 0 Å². The molecule has 1 aromatic carbocycles. The maximum atomic E-state index is 12.2. The second-order valence-electron chi connectivity index (χ2n) is 7.16. The third kappa shape index (κ3) is 4.88. The SMILES string of the molecule is CNC(C)C(=O)Nc1ccc(-c2cncnc2C)c(C#Cc2ccc(C)c(C)c2)n1. The zero-order chi connectivity index (χ0) is 21.7. The number of nitrogens with one attached hydrogen (secondary N) is 2. The molecule has 0 aliphatic rings. The highest BCUT2D eigenvalue weighted by Crippen LogP contribution is 2.25. The molecular weight excluding hydrogens is 374 g/mol. The Hall–Kier alpha value is -3.56. The largest absolute Gasteiger partial charge is 0.309 e. The number of aromatic nitrogens is 3. The molecule has 2 aromatic heterocycles. The average molecular weight is 399 g/mol. The molecule has 30 heavy (non-hydrogen) atoms. The van der Waals surface area contributed by atoms with Crippen molar-refractivity contribution in [3.05, 3.63) is 70.9 Å². The number of benzene rings is 1. The minimum atomic E-state index is -0.332. The molecule has 152 valence electrons. The molecule has 0 radical (unpaired) electrons. The van der Waals surface area contributed by atoms with Crippen LogP contribution in [0.4, 0.5) is 5.82 Å². The fraction of sp³-hybridized carbons (Fsp3) is 0.250. The first-order valence-electron chi connectivity index (χ1n) is 9.74. The van der Waals surface area contributed by atoms with Gasteiger partial charge >= 0.3 is 0 Å². The zero-order valence-corrected chi connectivity index (χ0v) is 17.9. The standard InChI is InChI=1S/C24H25N5O/c1-15-6-7-19(12-16(15)2)8-10-22-20(21-13-26-14-27-17(21)3)9-11-23(28-22)29-24(30)18(4)25-5/h6-7,9,11-14,18,25H,1-5H3,(H,28,29,30). The maximum absolute atomic E-state index is 12.2. The molecule has 1 unspecified atom stereocenters. The third-order valence-corrected chi connectivity index (χ3v) is 5.01. The van der Waals surface area contributed by atoms with Gasteiger partial charge in [-0.15, -0.1) is 0 Å². The van der Waals surface area contributed by atoms with Crippen LogP contribution in [0, 0.1) is 32.6 Å². The number of carbonyl (C=O) groups is 1. The van der Waals surface area contributed by atoms with Crippen molar-refractivity contribution in [2.24, 2.45) is 0 Å². The topological polar surface area (TPSA) is 79.8 Å². The van der Waals surface area contributed by atoms with E-state index >= 15 is 0 Å². The molecule has 0 saturated heterocycles. The first-order valence-corrected chi connectivity index (χ1v) is 9.74. The van der Waals surface area contributed by atoms with E-state index in [1.54, 1.807) is 26.2 Å².